The van der Waals surface area contributed by atoms with Crippen molar-refractivity contribution in [2.45, 2.75) is 386 Å². The maximum atomic E-state index is 13.0. The van der Waals surface area contributed by atoms with Gasteiger partial charge in [0.1, 0.15) is 13.2 Å². The van der Waals surface area contributed by atoms with Crippen molar-refractivity contribution >= 4 is 13.7 Å². The van der Waals surface area contributed by atoms with E-state index >= 15 is 0 Å². The summed E-state index contributed by atoms with van der Waals surface area (Å²) >= 11 is 0. The van der Waals surface area contributed by atoms with E-state index in [1.54, 1.807) is 0 Å². The van der Waals surface area contributed by atoms with E-state index < -0.39 is 20.0 Å². The molecule has 0 heterocycles. The molecule has 1 amide bonds. The van der Waals surface area contributed by atoms with Crippen molar-refractivity contribution in [1.29, 1.82) is 0 Å². The Morgan fingerprint density at radius 1 is 0.436 bits per heavy atom. The molecule has 0 rings (SSSR count). The van der Waals surface area contributed by atoms with Crippen LogP contribution >= 0.6 is 7.82 Å². The summed E-state index contributed by atoms with van der Waals surface area (Å²) in [6.07, 6.45) is 77.2. The molecule has 0 aliphatic heterocycles. The number of nitrogens with one attached hydrogen (secondary N) is 1. The minimum atomic E-state index is -4.57. The summed E-state index contributed by atoms with van der Waals surface area (Å²) < 4.78 is 23.5. The Labute approximate surface area is 488 Å². The van der Waals surface area contributed by atoms with Gasteiger partial charge >= 0.3 is 0 Å². The fourth-order valence-electron chi connectivity index (χ4n) is 11.0. The number of nitrogens with zero attached hydrogens (tertiary/aromatic N) is 1. The normalized spacial score (nSPS) is 13.7. The van der Waals surface area contributed by atoms with Crippen molar-refractivity contribution in [3.8, 4) is 0 Å². The minimum Gasteiger partial charge on any atom is -0.756 e. The third kappa shape index (κ3) is 62.8. The van der Waals surface area contributed by atoms with Gasteiger partial charge in [-0.2, -0.15) is 0 Å². The molecule has 0 aromatic heterocycles. The number of unbranched alkanes of at least 4 members (excludes halogenated alkanes) is 51. The first-order chi connectivity index (χ1) is 38.0. The third-order valence-electron chi connectivity index (χ3n) is 16.5. The number of carbonyl (C=O) groups excluding carboxylic acids is 1. The molecule has 0 saturated heterocycles. The van der Waals surface area contributed by atoms with Crippen LogP contribution in [0.1, 0.15) is 373 Å². The van der Waals surface area contributed by atoms with Crippen molar-refractivity contribution in [2.75, 3.05) is 40.9 Å². The van der Waals surface area contributed by atoms with Gasteiger partial charge < -0.3 is 28.8 Å². The summed E-state index contributed by atoms with van der Waals surface area (Å²) in [5, 5.41) is 14.1. The molecule has 0 bridgehead atoms. The van der Waals surface area contributed by atoms with Crippen LogP contribution in [0.4, 0.5) is 0 Å². The number of quaternary nitrogens is 1. The van der Waals surface area contributed by atoms with Gasteiger partial charge in [-0.05, 0) is 38.5 Å². The molecule has 0 spiro atoms. The topological polar surface area (TPSA) is 108 Å². The molecule has 8 nitrogen and oxygen atoms in total. The first-order valence-corrected chi connectivity index (χ1v) is 36.5. The zero-order chi connectivity index (χ0) is 57.0. The van der Waals surface area contributed by atoms with Crippen LogP contribution in [0.5, 0.6) is 0 Å². The number of aliphatic hydroxyl groups excluding tert-OH is 1. The van der Waals surface area contributed by atoms with Crippen LogP contribution in [0.3, 0.4) is 0 Å². The van der Waals surface area contributed by atoms with E-state index in [2.05, 4.69) is 31.3 Å². The number of amides is 1. The lowest BCUT2D eigenvalue weighted by molar-refractivity contribution is -0.870. The van der Waals surface area contributed by atoms with Gasteiger partial charge in [0.25, 0.3) is 7.82 Å². The van der Waals surface area contributed by atoms with Crippen molar-refractivity contribution in [2.24, 2.45) is 0 Å². The molecule has 78 heavy (non-hydrogen) atoms. The Morgan fingerprint density at radius 2 is 0.705 bits per heavy atom. The zero-order valence-electron chi connectivity index (χ0n) is 53.4. The number of aliphatic hydroxyl groups is 1. The van der Waals surface area contributed by atoms with E-state index in [-0.39, 0.29) is 19.1 Å². The Bertz CT molecular complexity index is 1280. The molecule has 0 fully saturated rings. The van der Waals surface area contributed by atoms with Crippen molar-refractivity contribution in [1.82, 2.24) is 5.32 Å². The summed E-state index contributed by atoms with van der Waals surface area (Å²) in [6.45, 7) is 4.79. The number of phosphoric ester groups is 1. The van der Waals surface area contributed by atoms with Crippen LogP contribution in [0.25, 0.3) is 0 Å². The van der Waals surface area contributed by atoms with Crippen LogP contribution in [-0.4, -0.2) is 68.5 Å². The number of carbonyl (C=O) groups is 1. The zero-order valence-corrected chi connectivity index (χ0v) is 54.3. The monoisotopic (exact) mass is 1120 g/mol. The second-order valence-corrected chi connectivity index (χ2v) is 27.0. The largest absolute Gasteiger partial charge is 0.756 e. The fourth-order valence-corrected chi connectivity index (χ4v) is 11.8. The molecule has 9 heteroatoms. The summed E-state index contributed by atoms with van der Waals surface area (Å²) in [4.78, 5) is 25.6. The van der Waals surface area contributed by atoms with Gasteiger partial charge in [0.05, 0.1) is 39.9 Å². The first-order valence-electron chi connectivity index (χ1n) is 35.0. The van der Waals surface area contributed by atoms with Gasteiger partial charge in [-0.1, -0.05) is 341 Å². The highest BCUT2D eigenvalue weighted by atomic mass is 31.2. The molecular weight excluding hydrogens is 984 g/mol. The smallest absolute Gasteiger partial charge is 0.268 e. The van der Waals surface area contributed by atoms with Crippen LogP contribution < -0.4 is 10.2 Å². The molecule has 0 aromatic carbocycles. The third-order valence-corrected chi connectivity index (χ3v) is 17.5. The Hall–Kier alpha value is -0.760. The Balaban J connectivity index is 3.95. The maximum absolute atomic E-state index is 13.0. The Morgan fingerprint density at radius 3 is 1.00 bits per heavy atom. The van der Waals surface area contributed by atoms with Gasteiger partial charge in [-0.15, -0.1) is 0 Å². The summed E-state index contributed by atoms with van der Waals surface area (Å²) in [6, 6.07) is -0.798. The fraction of sp³-hybridized carbons (Fsp3) is 0.957. The molecular formula is C69H139N2O6P. The van der Waals surface area contributed by atoms with Crippen LogP contribution in [0, 0.1) is 0 Å². The lowest BCUT2D eigenvalue weighted by Gasteiger charge is -2.30. The number of likely N-dealkylation sites (N-methyl/N-ethyl adjacent to an activating group) is 1. The molecule has 0 aliphatic carbocycles. The molecule has 0 saturated carbocycles. The summed E-state index contributed by atoms with van der Waals surface area (Å²) in [5.41, 5.74) is 0. The quantitative estimate of drug-likeness (QED) is 0.0272. The minimum absolute atomic E-state index is 0.0157. The molecule has 2 N–H and O–H groups in total. The highest BCUT2D eigenvalue weighted by molar-refractivity contribution is 7.45. The van der Waals surface area contributed by atoms with E-state index in [0.29, 0.717) is 23.9 Å². The second-order valence-electron chi connectivity index (χ2n) is 25.6. The van der Waals surface area contributed by atoms with Gasteiger partial charge in [-0.25, -0.2) is 0 Å². The lowest BCUT2D eigenvalue weighted by atomic mass is 10.0. The molecule has 0 radical (unpaired) electrons. The van der Waals surface area contributed by atoms with Crippen LogP contribution in [0.2, 0.25) is 0 Å². The average Bonchev–Trinajstić information content (AvgIpc) is 3.41. The first kappa shape index (κ1) is 77.2. The maximum Gasteiger partial charge on any atom is 0.268 e. The van der Waals surface area contributed by atoms with Gasteiger partial charge in [-0.3, -0.25) is 9.36 Å². The number of allylic oxidation sites excluding steroid dienone is 2. The molecule has 466 valence electrons. The number of hydrogen-bond acceptors (Lipinski definition) is 6. The predicted octanol–water partition coefficient (Wildman–Crippen LogP) is 21.5. The van der Waals surface area contributed by atoms with E-state index in [0.717, 1.165) is 38.5 Å². The lowest BCUT2D eigenvalue weighted by Crippen LogP contribution is -2.46. The van der Waals surface area contributed by atoms with Crippen LogP contribution in [0.15, 0.2) is 12.2 Å². The Kier molecular flexibility index (Phi) is 60.2. The van der Waals surface area contributed by atoms with E-state index in [9.17, 15) is 19.4 Å². The number of hydrogen-bond donors (Lipinski definition) is 2. The van der Waals surface area contributed by atoms with Gasteiger partial charge in [0, 0.05) is 6.42 Å². The average molecular weight is 1120 g/mol. The second kappa shape index (κ2) is 60.8. The molecule has 3 atom stereocenters. The summed E-state index contributed by atoms with van der Waals surface area (Å²) in [5.74, 6) is -0.156. The summed E-state index contributed by atoms with van der Waals surface area (Å²) in [7, 11) is 1.33. The van der Waals surface area contributed by atoms with Crippen LogP contribution in [-0.2, 0) is 18.4 Å². The number of phosphoric acid groups is 1. The predicted molar refractivity (Wildman–Crippen MR) is 339 cm³/mol. The van der Waals surface area contributed by atoms with Crippen molar-refractivity contribution in [3.05, 3.63) is 12.2 Å². The highest BCUT2D eigenvalue weighted by Gasteiger charge is 2.24. The highest BCUT2D eigenvalue weighted by Crippen LogP contribution is 2.38. The molecule has 0 aromatic rings. The van der Waals surface area contributed by atoms with Gasteiger partial charge in [0.15, 0.2) is 0 Å². The van der Waals surface area contributed by atoms with E-state index in [1.165, 1.54) is 308 Å². The molecule has 3 unspecified atom stereocenters. The van der Waals surface area contributed by atoms with Crippen molar-refractivity contribution < 1.29 is 32.9 Å². The molecule has 0 aliphatic rings. The number of rotatable bonds is 66. The SMILES string of the molecule is CCCCCCCCCCCCCCCC/C=C\CCCCCCCCCCCCCCCCCCCC(=O)NC(COP(=O)([O-])OCC[N+](C)(C)C)C(O)CCCCCCCCCCCCCCCCCCCCCCC. The van der Waals surface area contributed by atoms with Crippen molar-refractivity contribution in [3.63, 3.8) is 0 Å². The van der Waals surface area contributed by atoms with E-state index in [1.807, 2.05) is 21.1 Å². The standard InChI is InChI=1S/C69H139N2O6P/c1-6-8-10-12-14-16-18-20-22-24-26-28-29-30-31-32-33-34-35-36-37-38-39-40-41-43-45-47-49-51-53-55-57-59-61-63-69(73)70-67(66-77-78(74,75)76-65-64-71(3,4)5)68(72)62-60-58-56-54-52-50-48-46-44-42-27-25-23-21-19-17-15-13-11-9-7-2/h32-33,67-68,72H,6-31,34-66H2,1-5H3,(H-,70,73,74,75)/b33-32-. The van der Waals surface area contributed by atoms with Gasteiger partial charge in [0.2, 0.25) is 5.91 Å². The van der Waals surface area contributed by atoms with E-state index in [4.69, 9.17) is 9.05 Å².